The van der Waals surface area contributed by atoms with E-state index in [1.807, 2.05) is 60.7 Å². The topological polar surface area (TPSA) is 49.7 Å². The molecule has 0 fully saturated rings. The molecule has 0 aliphatic heterocycles. The first kappa shape index (κ1) is 13.8. The Kier molecular flexibility index (Phi) is 5.15. The molecular formula is C15H17BO3. The summed E-state index contributed by atoms with van der Waals surface area (Å²) in [5.74, 6) is 0. The fraction of sp³-hybridized carbons (Fsp3) is 0.200. The standard InChI is InChI=1S/C15H17BO3/c17-16(18)15(11-13-7-3-1-4-8-13)19-12-14-9-5-2-6-10-14/h1-10,15,17-18H,11-12H2/t15-/m1/s1. The van der Waals surface area contributed by atoms with Crippen LogP contribution in [-0.2, 0) is 17.8 Å². The van der Waals surface area contributed by atoms with Gasteiger partial charge in [0, 0.05) is 0 Å². The Balaban J connectivity index is 1.93. The molecule has 3 nitrogen and oxygen atoms in total. The second-order valence-electron chi connectivity index (χ2n) is 4.44. The molecule has 0 spiro atoms. The van der Waals surface area contributed by atoms with Gasteiger partial charge in [-0.3, -0.25) is 0 Å². The summed E-state index contributed by atoms with van der Waals surface area (Å²) >= 11 is 0. The largest absolute Gasteiger partial charge is 0.482 e. The van der Waals surface area contributed by atoms with Crippen LogP contribution in [0, 0.1) is 0 Å². The molecular weight excluding hydrogens is 239 g/mol. The molecule has 0 unspecified atom stereocenters. The highest BCUT2D eigenvalue weighted by Gasteiger charge is 2.24. The number of hydrogen-bond acceptors (Lipinski definition) is 3. The van der Waals surface area contributed by atoms with Crippen LogP contribution in [0.15, 0.2) is 60.7 Å². The van der Waals surface area contributed by atoms with E-state index in [0.717, 1.165) is 11.1 Å². The average Bonchev–Trinajstić information content (AvgIpc) is 2.45. The van der Waals surface area contributed by atoms with Crippen LogP contribution >= 0.6 is 0 Å². The van der Waals surface area contributed by atoms with Crippen LogP contribution in [0.3, 0.4) is 0 Å². The van der Waals surface area contributed by atoms with Crippen molar-refractivity contribution in [3.63, 3.8) is 0 Å². The van der Waals surface area contributed by atoms with Crippen molar-refractivity contribution in [2.24, 2.45) is 0 Å². The monoisotopic (exact) mass is 256 g/mol. The number of ether oxygens (including phenoxy) is 1. The lowest BCUT2D eigenvalue weighted by Crippen LogP contribution is -2.35. The minimum absolute atomic E-state index is 0.371. The third kappa shape index (κ3) is 4.52. The minimum Gasteiger partial charge on any atom is -0.425 e. The van der Waals surface area contributed by atoms with Crippen molar-refractivity contribution >= 4 is 7.12 Å². The fourth-order valence-electron chi connectivity index (χ4n) is 1.87. The summed E-state index contributed by atoms with van der Waals surface area (Å²) < 4.78 is 5.59. The lowest BCUT2D eigenvalue weighted by Gasteiger charge is -2.17. The summed E-state index contributed by atoms with van der Waals surface area (Å²) in [5, 5.41) is 18.8. The van der Waals surface area contributed by atoms with E-state index in [0.29, 0.717) is 13.0 Å². The third-order valence-electron chi connectivity index (χ3n) is 2.92. The summed E-state index contributed by atoms with van der Waals surface area (Å²) in [5.41, 5.74) is 2.04. The summed E-state index contributed by atoms with van der Waals surface area (Å²) in [6, 6.07) is 18.7. The van der Waals surface area contributed by atoms with Crippen LogP contribution in [0.2, 0.25) is 0 Å². The lowest BCUT2D eigenvalue weighted by molar-refractivity contribution is 0.0679. The van der Waals surface area contributed by atoms with Gasteiger partial charge in [0.15, 0.2) is 0 Å². The molecule has 98 valence electrons. The number of hydrogen-bond donors (Lipinski definition) is 2. The first-order chi connectivity index (χ1) is 9.25. The van der Waals surface area contributed by atoms with Crippen molar-refractivity contribution in [2.45, 2.75) is 19.0 Å². The average molecular weight is 256 g/mol. The van der Waals surface area contributed by atoms with Gasteiger partial charge >= 0.3 is 7.12 Å². The van der Waals surface area contributed by atoms with Crippen molar-refractivity contribution in [1.82, 2.24) is 0 Å². The van der Waals surface area contributed by atoms with Crippen molar-refractivity contribution in [3.05, 3.63) is 71.8 Å². The first-order valence-electron chi connectivity index (χ1n) is 6.31. The molecule has 19 heavy (non-hydrogen) atoms. The lowest BCUT2D eigenvalue weighted by atomic mass is 9.78. The molecule has 0 amide bonds. The molecule has 0 aliphatic rings. The summed E-state index contributed by atoms with van der Waals surface area (Å²) in [4.78, 5) is 0. The van der Waals surface area contributed by atoms with Crippen molar-refractivity contribution in [3.8, 4) is 0 Å². The van der Waals surface area contributed by atoms with Gasteiger partial charge in [-0.05, 0) is 17.5 Å². The zero-order chi connectivity index (χ0) is 13.5. The maximum absolute atomic E-state index is 9.38. The highest BCUT2D eigenvalue weighted by Crippen LogP contribution is 2.10. The maximum atomic E-state index is 9.38. The van der Waals surface area contributed by atoms with E-state index in [2.05, 4.69) is 0 Å². The summed E-state index contributed by atoms with van der Waals surface area (Å²) in [6.07, 6.45) is 0.478. The Morgan fingerprint density at radius 3 is 1.89 bits per heavy atom. The second kappa shape index (κ2) is 7.09. The Morgan fingerprint density at radius 2 is 1.37 bits per heavy atom. The zero-order valence-corrected chi connectivity index (χ0v) is 10.6. The van der Waals surface area contributed by atoms with E-state index in [9.17, 15) is 10.0 Å². The van der Waals surface area contributed by atoms with E-state index < -0.39 is 13.1 Å². The Bertz CT molecular complexity index is 473. The fourth-order valence-corrected chi connectivity index (χ4v) is 1.87. The maximum Gasteiger partial charge on any atom is 0.482 e. The van der Waals surface area contributed by atoms with Crippen LogP contribution in [0.25, 0.3) is 0 Å². The molecule has 2 rings (SSSR count). The van der Waals surface area contributed by atoms with Crippen LogP contribution in [0.1, 0.15) is 11.1 Å². The molecule has 2 aromatic carbocycles. The van der Waals surface area contributed by atoms with E-state index >= 15 is 0 Å². The van der Waals surface area contributed by atoms with Crippen molar-refractivity contribution in [1.29, 1.82) is 0 Å². The highest BCUT2D eigenvalue weighted by molar-refractivity contribution is 6.42. The van der Waals surface area contributed by atoms with Gasteiger partial charge in [0.05, 0.1) is 12.6 Å². The molecule has 0 saturated carbocycles. The van der Waals surface area contributed by atoms with E-state index in [4.69, 9.17) is 4.74 Å². The van der Waals surface area contributed by atoms with E-state index in [1.54, 1.807) is 0 Å². The first-order valence-corrected chi connectivity index (χ1v) is 6.31. The molecule has 0 radical (unpaired) electrons. The third-order valence-corrected chi connectivity index (χ3v) is 2.92. The Morgan fingerprint density at radius 1 is 0.842 bits per heavy atom. The quantitative estimate of drug-likeness (QED) is 0.775. The van der Waals surface area contributed by atoms with Crippen molar-refractivity contribution in [2.75, 3.05) is 0 Å². The van der Waals surface area contributed by atoms with Crippen LogP contribution in [0.5, 0.6) is 0 Å². The van der Waals surface area contributed by atoms with Gasteiger partial charge in [-0.1, -0.05) is 60.7 Å². The zero-order valence-electron chi connectivity index (χ0n) is 10.6. The number of rotatable bonds is 6. The molecule has 4 heteroatoms. The van der Waals surface area contributed by atoms with Crippen LogP contribution < -0.4 is 0 Å². The Hall–Kier alpha value is -1.62. The molecule has 2 aromatic rings. The van der Waals surface area contributed by atoms with E-state index in [-0.39, 0.29) is 0 Å². The SMILES string of the molecule is OB(O)[C@@H](Cc1ccccc1)OCc1ccccc1. The predicted molar refractivity (Wildman–Crippen MR) is 75.4 cm³/mol. The van der Waals surface area contributed by atoms with Gasteiger partial charge in [-0.2, -0.15) is 0 Å². The highest BCUT2D eigenvalue weighted by atomic mass is 16.5. The minimum atomic E-state index is -1.48. The molecule has 0 heterocycles. The summed E-state index contributed by atoms with van der Waals surface area (Å²) in [7, 11) is -1.48. The smallest absolute Gasteiger partial charge is 0.425 e. The Labute approximate surface area is 113 Å². The van der Waals surface area contributed by atoms with Crippen LogP contribution in [-0.4, -0.2) is 23.2 Å². The van der Waals surface area contributed by atoms with Gasteiger partial charge in [0.2, 0.25) is 0 Å². The molecule has 1 atom stereocenters. The number of benzene rings is 2. The van der Waals surface area contributed by atoms with Crippen LogP contribution in [0.4, 0.5) is 0 Å². The second-order valence-corrected chi connectivity index (χ2v) is 4.44. The van der Waals surface area contributed by atoms with Gasteiger partial charge < -0.3 is 14.8 Å². The van der Waals surface area contributed by atoms with Gasteiger partial charge in [-0.15, -0.1) is 0 Å². The van der Waals surface area contributed by atoms with Crippen molar-refractivity contribution < 1.29 is 14.8 Å². The van der Waals surface area contributed by atoms with Gasteiger partial charge in [-0.25, -0.2) is 0 Å². The molecule has 0 aromatic heterocycles. The normalized spacial score (nSPS) is 12.1. The summed E-state index contributed by atoms with van der Waals surface area (Å²) in [6.45, 7) is 0.371. The molecule has 0 aliphatic carbocycles. The predicted octanol–water partition coefficient (Wildman–Crippen LogP) is 1.83. The van der Waals surface area contributed by atoms with Gasteiger partial charge in [0.25, 0.3) is 0 Å². The molecule has 0 bridgehead atoms. The van der Waals surface area contributed by atoms with Gasteiger partial charge in [0.1, 0.15) is 0 Å². The molecule has 0 saturated heterocycles. The van der Waals surface area contributed by atoms with E-state index in [1.165, 1.54) is 0 Å². The molecule has 2 N–H and O–H groups in total.